The zero-order valence-corrected chi connectivity index (χ0v) is 24.2. The van der Waals surface area contributed by atoms with Crippen LogP contribution in [-0.2, 0) is 9.59 Å². The Balaban J connectivity index is 1.59. The largest absolute Gasteiger partial charge is 0.495 e. The maximum Gasteiger partial charge on any atom is 0.254 e. The van der Waals surface area contributed by atoms with Crippen LogP contribution in [0.15, 0.2) is 81.1 Å². The van der Waals surface area contributed by atoms with Gasteiger partial charge in [-0.05, 0) is 31.2 Å². The third kappa shape index (κ3) is 6.45. The first-order valence-electron chi connectivity index (χ1n) is 12.2. The van der Waals surface area contributed by atoms with E-state index in [1.165, 1.54) is 27.6 Å². The Bertz CT molecular complexity index is 1560. The van der Waals surface area contributed by atoms with Crippen LogP contribution in [0, 0.1) is 11.3 Å². The second-order valence-corrected chi connectivity index (χ2v) is 10.0. The van der Waals surface area contributed by atoms with Crippen molar-refractivity contribution in [3.63, 3.8) is 0 Å². The molecule has 212 valence electrons. The third-order valence-electron chi connectivity index (χ3n) is 6.17. The van der Waals surface area contributed by atoms with E-state index in [2.05, 4.69) is 22.0 Å². The lowest BCUT2D eigenvalue weighted by molar-refractivity contribution is -0.114. The van der Waals surface area contributed by atoms with Gasteiger partial charge in [0.15, 0.2) is 0 Å². The highest BCUT2D eigenvalue weighted by Crippen LogP contribution is 2.42. The van der Waals surface area contributed by atoms with Crippen molar-refractivity contribution in [1.82, 2.24) is 5.32 Å². The number of dihydropyridines is 1. The minimum atomic E-state index is -0.808. The Morgan fingerprint density at radius 2 is 1.76 bits per heavy atom. The summed E-state index contributed by atoms with van der Waals surface area (Å²) in [7, 11) is 4.44. The molecule has 2 heterocycles. The highest BCUT2D eigenvalue weighted by molar-refractivity contribution is 8.03. The van der Waals surface area contributed by atoms with Crippen molar-refractivity contribution in [2.45, 2.75) is 12.8 Å². The molecule has 10 nitrogen and oxygen atoms in total. The number of methoxy groups -OCH3 is 3. The van der Waals surface area contributed by atoms with E-state index in [1.807, 2.05) is 0 Å². The summed E-state index contributed by atoms with van der Waals surface area (Å²) in [5, 5.41) is 19.8. The molecule has 12 heteroatoms. The smallest absolute Gasteiger partial charge is 0.254 e. The van der Waals surface area contributed by atoms with Crippen LogP contribution in [0.1, 0.15) is 18.6 Å². The predicted octanol–water partition coefficient (Wildman–Crippen LogP) is 5.67. The zero-order valence-electron chi connectivity index (χ0n) is 22.7. The summed E-state index contributed by atoms with van der Waals surface area (Å²) in [5.74, 6) is -0.0120. The number of para-hydroxylation sites is 2. The molecule has 0 bridgehead atoms. The first kappa shape index (κ1) is 29.5. The van der Waals surface area contributed by atoms with Crippen LogP contribution in [0.3, 0.4) is 0 Å². The number of thioether (sulfide) groups is 1. The number of halogens is 1. The number of carbonyl (C=O) groups is 2. The second kappa shape index (κ2) is 13.2. The van der Waals surface area contributed by atoms with Crippen molar-refractivity contribution >= 4 is 46.6 Å². The molecule has 41 heavy (non-hydrogen) atoms. The van der Waals surface area contributed by atoms with Crippen LogP contribution in [0.2, 0.25) is 5.02 Å². The maximum absolute atomic E-state index is 13.6. The summed E-state index contributed by atoms with van der Waals surface area (Å²) in [6, 6.07) is 15.7. The van der Waals surface area contributed by atoms with Crippen LogP contribution in [0.5, 0.6) is 17.2 Å². The Kier molecular flexibility index (Phi) is 9.49. The molecule has 2 amide bonds. The van der Waals surface area contributed by atoms with Gasteiger partial charge in [-0.3, -0.25) is 9.59 Å². The van der Waals surface area contributed by atoms with Crippen molar-refractivity contribution < 1.29 is 28.2 Å². The van der Waals surface area contributed by atoms with Crippen LogP contribution in [0.4, 0.5) is 11.4 Å². The molecule has 4 rings (SSSR count). The quantitative estimate of drug-likeness (QED) is 0.271. The number of furan rings is 1. The van der Waals surface area contributed by atoms with E-state index < -0.39 is 11.8 Å². The molecule has 0 radical (unpaired) electrons. The van der Waals surface area contributed by atoms with E-state index in [-0.39, 0.29) is 17.2 Å². The molecule has 1 aliphatic rings. The minimum absolute atomic E-state index is 0.0531. The standard InChI is InChI=1S/C29H27ClN4O6S/c1-16-26(28(36)34-19-8-5-6-9-21(19)37-2)27(22-10-7-11-40-22)17(14-31)29(32-16)41-15-25(35)33-20-13-23(38-3)18(30)12-24(20)39-4/h5-13,27,32H,15H2,1-4H3,(H,33,35)(H,34,36)/t27-/m0/s1. The predicted molar refractivity (Wildman–Crippen MR) is 157 cm³/mol. The number of benzene rings is 2. The molecule has 0 unspecified atom stereocenters. The molecular weight excluding hydrogens is 568 g/mol. The Morgan fingerprint density at radius 3 is 2.41 bits per heavy atom. The number of anilines is 2. The van der Waals surface area contributed by atoms with E-state index in [9.17, 15) is 14.9 Å². The number of nitrogens with one attached hydrogen (secondary N) is 3. The van der Waals surface area contributed by atoms with E-state index in [1.54, 1.807) is 55.5 Å². The average Bonchev–Trinajstić information content (AvgIpc) is 3.51. The van der Waals surface area contributed by atoms with Crippen molar-refractivity contribution in [2.24, 2.45) is 0 Å². The van der Waals surface area contributed by atoms with Gasteiger partial charge in [-0.25, -0.2) is 0 Å². The summed E-state index contributed by atoms with van der Waals surface area (Å²) < 4.78 is 21.6. The summed E-state index contributed by atoms with van der Waals surface area (Å²) in [5.41, 5.74) is 1.90. The minimum Gasteiger partial charge on any atom is -0.495 e. The number of amides is 2. The van der Waals surface area contributed by atoms with Gasteiger partial charge in [-0.15, -0.1) is 0 Å². The van der Waals surface area contributed by atoms with Gasteiger partial charge in [0.1, 0.15) is 23.0 Å². The lowest BCUT2D eigenvalue weighted by atomic mass is 9.85. The molecule has 3 aromatic rings. The normalized spacial score (nSPS) is 14.6. The number of carbonyl (C=O) groups excluding carboxylic acids is 2. The molecule has 0 spiro atoms. The third-order valence-corrected chi connectivity index (χ3v) is 7.48. The van der Waals surface area contributed by atoms with Gasteiger partial charge in [0, 0.05) is 17.8 Å². The summed E-state index contributed by atoms with van der Waals surface area (Å²) in [6.07, 6.45) is 1.48. The first-order valence-corrected chi connectivity index (χ1v) is 13.6. The molecule has 0 aliphatic carbocycles. The van der Waals surface area contributed by atoms with Crippen LogP contribution in [0.25, 0.3) is 0 Å². The topological polar surface area (TPSA) is 135 Å². The molecule has 1 atom stereocenters. The van der Waals surface area contributed by atoms with Crippen LogP contribution >= 0.6 is 23.4 Å². The molecule has 1 aliphatic heterocycles. The van der Waals surface area contributed by atoms with Gasteiger partial charge in [-0.1, -0.05) is 35.5 Å². The number of nitriles is 1. The summed E-state index contributed by atoms with van der Waals surface area (Å²) in [4.78, 5) is 26.5. The summed E-state index contributed by atoms with van der Waals surface area (Å²) in [6.45, 7) is 1.73. The number of allylic oxidation sites excluding steroid dienone is 2. The maximum atomic E-state index is 13.6. The summed E-state index contributed by atoms with van der Waals surface area (Å²) >= 11 is 7.28. The van der Waals surface area contributed by atoms with Gasteiger partial charge < -0.3 is 34.6 Å². The van der Waals surface area contributed by atoms with Gasteiger partial charge in [-0.2, -0.15) is 5.26 Å². The number of hydrogen-bond acceptors (Lipinski definition) is 9. The lowest BCUT2D eigenvalue weighted by Gasteiger charge is -2.28. The van der Waals surface area contributed by atoms with E-state index in [0.717, 1.165) is 11.8 Å². The van der Waals surface area contributed by atoms with Crippen LogP contribution in [-0.4, -0.2) is 38.9 Å². The molecule has 0 saturated carbocycles. The monoisotopic (exact) mass is 594 g/mol. The van der Waals surface area contributed by atoms with E-state index in [0.29, 0.717) is 55.7 Å². The Hall–Kier alpha value is -4.53. The fraction of sp³-hybridized carbons (Fsp3) is 0.207. The SMILES string of the molecule is COc1cc(NC(=O)CSC2=C(C#N)[C@@H](c3ccco3)C(C(=O)Nc3ccccc3OC)=C(C)N2)c(OC)cc1Cl. The molecule has 0 fully saturated rings. The van der Waals surface area contributed by atoms with Gasteiger partial charge >= 0.3 is 0 Å². The van der Waals surface area contributed by atoms with Crippen molar-refractivity contribution in [3.8, 4) is 23.3 Å². The van der Waals surface area contributed by atoms with Gasteiger partial charge in [0.05, 0.1) is 77.9 Å². The van der Waals surface area contributed by atoms with Gasteiger partial charge in [0.2, 0.25) is 5.91 Å². The number of ether oxygens (including phenoxy) is 3. The number of rotatable bonds is 10. The fourth-order valence-electron chi connectivity index (χ4n) is 4.29. The van der Waals surface area contributed by atoms with Gasteiger partial charge in [0.25, 0.3) is 5.91 Å². The molecule has 1 aromatic heterocycles. The van der Waals surface area contributed by atoms with Crippen molar-refractivity contribution in [1.29, 1.82) is 5.26 Å². The Morgan fingerprint density at radius 1 is 1.02 bits per heavy atom. The number of hydrogen-bond donors (Lipinski definition) is 3. The number of nitrogens with zero attached hydrogens (tertiary/aromatic N) is 1. The second-order valence-electron chi connectivity index (χ2n) is 8.65. The van der Waals surface area contributed by atoms with E-state index in [4.69, 9.17) is 30.2 Å². The molecule has 2 aromatic carbocycles. The molecule has 0 saturated heterocycles. The first-order chi connectivity index (χ1) is 19.8. The zero-order chi connectivity index (χ0) is 29.5. The van der Waals surface area contributed by atoms with Crippen molar-refractivity contribution in [2.75, 3.05) is 37.7 Å². The van der Waals surface area contributed by atoms with Crippen molar-refractivity contribution in [3.05, 3.63) is 87.4 Å². The highest BCUT2D eigenvalue weighted by atomic mass is 35.5. The lowest BCUT2D eigenvalue weighted by Crippen LogP contribution is -2.31. The van der Waals surface area contributed by atoms with E-state index >= 15 is 0 Å². The average molecular weight is 595 g/mol. The Labute approximate surface area is 246 Å². The fourth-order valence-corrected chi connectivity index (χ4v) is 5.41. The molecular formula is C29H27ClN4O6S. The molecule has 3 N–H and O–H groups in total. The highest BCUT2D eigenvalue weighted by Gasteiger charge is 2.36. The van der Waals surface area contributed by atoms with Crippen LogP contribution < -0.4 is 30.2 Å².